The number of nitrogens with one attached hydrogen (secondary N) is 1. The van der Waals surface area contributed by atoms with Crippen LogP contribution in [0.4, 0.5) is 5.69 Å². The summed E-state index contributed by atoms with van der Waals surface area (Å²) < 4.78 is 21.3. The summed E-state index contributed by atoms with van der Waals surface area (Å²) in [6.45, 7) is 0. The van der Waals surface area contributed by atoms with Crippen molar-refractivity contribution in [2.45, 2.75) is 17.7 Å². The second-order valence-corrected chi connectivity index (χ2v) is 4.04. The number of rotatable bonds is 1. The maximum Gasteiger partial charge on any atom is 1.00 e. The van der Waals surface area contributed by atoms with Crippen LogP contribution < -0.4 is 34.9 Å². The SMILES string of the molecule is O=C1CCc2cc(S(=O)[O-])ccc2N1.[Na+]. The predicted octanol–water partition coefficient (Wildman–Crippen LogP) is -2.19. The molecule has 1 amide bonds. The van der Waals surface area contributed by atoms with E-state index in [0.29, 0.717) is 12.8 Å². The molecule has 2 rings (SSSR count). The van der Waals surface area contributed by atoms with E-state index in [9.17, 15) is 13.6 Å². The molecule has 0 spiro atoms. The molecule has 1 aromatic rings. The number of anilines is 1. The fourth-order valence-electron chi connectivity index (χ4n) is 1.46. The Morgan fingerprint density at radius 1 is 1.33 bits per heavy atom. The topological polar surface area (TPSA) is 69.2 Å². The normalized spacial score (nSPS) is 15.9. The summed E-state index contributed by atoms with van der Waals surface area (Å²) in [7, 11) is 0. The zero-order valence-corrected chi connectivity index (χ0v) is 11.1. The Kier molecular flexibility index (Phi) is 4.48. The number of aryl methyl sites for hydroxylation is 1. The van der Waals surface area contributed by atoms with Gasteiger partial charge in [0.25, 0.3) is 0 Å². The van der Waals surface area contributed by atoms with Crippen LogP contribution in [0.25, 0.3) is 0 Å². The van der Waals surface area contributed by atoms with E-state index in [2.05, 4.69) is 5.32 Å². The van der Waals surface area contributed by atoms with Gasteiger partial charge in [0.05, 0.1) is 0 Å². The van der Waals surface area contributed by atoms with E-state index in [-0.39, 0.29) is 40.4 Å². The Balaban J connectivity index is 0.00000112. The molecule has 0 aliphatic carbocycles. The van der Waals surface area contributed by atoms with Crippen LogP contribution in [0.5, 0.6) is 0 Å². The Labute approximate surface area is 112 Å². The van der Waals surface area contributed by atoms with Crippen molar-refractivity contribution >= 4 is 22.7 Å². The zero-order chi connectivity index (χ0) is 10.1. The van der Waals surface area contributed by atoms with E-state index in [1.807, 2.05) is 0 Å². The van der Waals surface area contributed by atoms with Gasteiger partial charge in [0, 0.05) is 17.0 Å². The van der Waals surface area contributed by atoms with Crippen LogP contribution in [0.1, 0.15) is 12.0 Å². The van der Waals surface area contributed by atoms with Crippen molar-refractivity contribution in [1.82, 2.24) is 0 Å². The van der Waals surface area contributed by atoms with Crippen molar-refractivity contribution in [3.63, 3.8) is 0 Å². The Hall–Kier alpha value is -0.200. The maximum atomic E-state index is 11.0. The van der Waals surface area contributed by atoms with Gasteiger partial charge in [0.15, 0.2) is 0 Å². The molecule has 1 aliphatic rings. The smallest absolute Gasteiger partial charge is 0.768 e. The van der Waals surface area contributed by atoms with Crippen LogP contribution in [0, 0.1) is 0 Å². The molecule has 74 valence electrons. The molecular formula is C9H8NNaO3S. The average molecular weight is 233 g/mol. The Bertz CT molecular complexity index is 422. The van der Waals surface area contributed by atoms with Crippen molar-refractivity contribution in [3.05, 3.63) is 23.8 Å². The largest absolute Gasteiger partial charge is 1.00 e. The first-order valence-corrected chi connectivity index (χ1v) is 5.26. The summed E-state index contributed by atoms with van der Waals surface area (Å²) in [5, 5.41) is 2.69. The summed E-state index contributed by atoms with van der Waals surface area (Å²) in [6.07, 6.45) is 1.02. The molecule has 1 heterocycles. The molecule has 6 heteroatoms. The zero-order valence-electron chi connectivity index (χ0n) is 8.28. The second-order valence-electron chi connectivity index (χ2n) is 3.10. The monoisotopic (exact) mass is 233 g/mol. The minimum atomic E-state index is -2.20. The summed E-state index contributed by atoms with van der Waals surface area (Å²) in [4.78, 5) is 11.3. The van der Waals surface area contributed by atoms with E-state index < -0.39 is 11.1 Å². The van der Waals surface area contributed by atoms with Gasteiger partial charge in [-0.25, -0.2) is 0 Å². The third kappa shape index (κ3) is 2.89. The first-order chi connectivity index (χ1) is 6.66. The quantitative estimate of drug-likeness (QED) is 0.442. The molecule has 0 saturated carbocycles. The molecule has 0 radical (unpaired) electrons. The van der Waals surface area contributed by atoms with Gasteiger partial charge in [-0.05, 0) is 41.3 Å². The van der Waals surface area contributed by atoms with E-state index in [1.54, 1.807) is 12.1 Å². The minimum Gasteiger partial charge on any atom is -0.768 e. The standard InChI is InChI=1S/C9H9NO3S.Na/c11-9-4-1-6-5-7(14(12)13)2-3-8(6)10-9;/h2-3,5H,1,4H2,(H,10,11)(H,12,13);/q;+1/p-1. The second kappa shape index (κ2) is 5.23. The number of fused-ring (bicyclic) bond motifs is 1. The van der Waals surface area contributed by atoms with Crippen LogP contribution in [-0.2, 0) is 22.3 Å². The van der Waals surface area contributed by atoms with Gasteiger partial charge in [-0.1, -0.05) is 0 Å². The van der Waals surface area contributed by atoms with Gasteiger partial charge >= 0.3 is 29.6 Å². The number of hydrogen-bond acceptors (Lipinski definition) is 3. The molecule has 15 heavy (non-hydrogen) atoms. The van der Waals surface area contributed by atoms with Crippen molar-refractivity contribution in [3.8, 4) is 0 Å². The van der Waals surface area contributed by atoms with E-state index in [4.69, 9.17) is 0 Å². The van der Waals surface area contributed by atoms with Crippen LogP contribution >= 0.6 is 0 Å². The fraction of sp³-hybridized carbons (Fsp3) is 0.222. The number of carbonyl (C=O) groups is 1. The van der Waals surface area contributed by atoms with Crippen molar-refractivity contribution < 1.29 is 43.1 Å². The molecule has 1 aliphatic heterocycles. The summed E-state index contributed by atoms with van der Waals surface area (Å²) in [5.74, 6) is -0.0199. The predicted molar refractivity (Wildman–Crippen MR) is 50.6 cm³/mol. The molecular weight excluding hydrogens is 225 g/mol. The molecule has 0 fully saturated rings. The molecule has 4 nitrogen and oxygen atoms in total. The third-order valence-electron chi connectivity index (χ3n) is 2.16. The summed E-state index contributed by atoms with van der Waals surface area (Å²) >= 11 is -2.20. The molecule has 0 saturated heterocycles. The van der Waals surface area contributed by atoms with Gasteiger partial charge < -0.3 is 9.87 Å². The number of amides is 1. The number of carbonyl (C=O) groups excluding carboxylic acids is 1. The van der Waals surface area contributed by atoms with Crippen LogP contribution in [-0.4, -0.2) is 14.7 Å². The first kappa shape index (κ1) is 12.9. The van der Waals surface area contributed by atoms with Crippen molar-refractivity contribution in [2.24, 2.45) is 0 Å². The van der Waals surface area contributed by atoms with Gasteiger partial charge in [-0.15, -0.1) is 0 Å². The van der Waals surface area contributed by atoms with E-state index in [1.165, 1.54) is 6.07 Å². The van der Waals surface area contributed by atoms with E-state index >= 15 is 0 Å². The average Bonchev–Trinajstić information content (AvgIpc) is 2.16. The Morgan fingerprint density at radius 3 is 2.73 bits per heavy atom. The minimum absolute atomic E-state index is 0. The third-order valence-corrected chi connectivity index (χ3v) is 2.80. The maximum absolute atomic E-state index is 11.0. The molecule has 1 unspecified atom stereocenters. The van der Waals surface area contributed by atoms with E-state index in [0.717, 1.165) is 11.3 Å². The van der Waals surface area contributed by atoms with Gasteiger partial charge in [0.1, 0.15) is 0 Å². The number of benzene rings is 1. The van der Waals surface area contributed by atoms with Crippen LogP contribution in [0.3, 0.4) is 0 Å². The molecule has 1 atom stereocenters. The van der Waals surface area contributed by atoms with Gasteiger partial charge in [-0.3, -0.25) is 9.00 Å². The van der Waals surface area contributed by atoms with Gasteiger partial charge in [-0.2, -0.15) is 0 Å². The van der Waals surface area contributed by atoms with Crippen molar-refractivity contribution in [2.75, 3.05) is 5.32 Å². The summed E-state index contributed by atoms with van der Waals surface area (Å²) in [5.41, 5.74) is 1.60. The summed E-state index contributed by atoms with van der Waals surface area (Å²) in [6, 6.07) is 4.70. The molecule has 1 aromatic carbocycles. The fourth-order valence-corrected chi connectivity index (χ4v) is 1.88. The first-order valence-electron chi connectivity index (χ1n) is 4.19. The van der Waals surface area contributed by atoms with Gasteiger partial charge in [0.2, 0.25) is 5.91 Å². The molecule has 0 aromatic heterocycles. The number of hydrogen-bond donors (Lipinski definition) is 1. The van der Waals surface area contributed by atoms with Crippen LogP contribution in [0.15, 0.2) is 23.1 Å². The van der Waals surface area contributed by atoms with Crippen LogP contribution in [0.2, 0.25) is 0 Å². The molecule has 1 N–H and O–H groups in total. The van der Waals surface area contributed by atoms with Crippen molar-refractivity contribution in [1.29, 1.82) is 0 Å². The molecule has 0 bridgehead atoms. The Morgan fingerprint density at radius 2 is 2.07 bits per heavy atom.